The summed E-state index contributed by atoms with van der Waals surface area (Å²) in [5.41, 5.74) is 5.59. The number of carbonyl (C=O) groups is 1. The first-order valence-corrected chi connectivity index (χ1v) is 6.29. The van der Waals surface area contributed by atoms with Gasteiger partial charge >= 0.3 is 0 Å². The van der Waals surface area contributed by atoms with Crippen molar-refractivity contribution in [1.29, 1.82) is 0 Å². The molecule has 19 heavy (non-hydrogen) atoms. The van der Waals surface area contributed by atoms with Crippen LogP contribution in [-0.4, -0.2) is 44.2 Å². The van der Waals surface area contributed by atoms with E-state index in [-0.39, 0.29) is 11.9 Å². The third kappa shape index (κ3) is 5.61. The fraction of sp³-hybridized carbons (Fsp3) is 0.500. The Kier molecular flexibility index (Phi) is 6.15. The van der Waals surface area contributed by atoms with Crippen molar-refractivity contribution in [2.45, 2.75) is 19.4 Å². The molecule has 0 heterocycles. The summed E-state index contributed by atoms with van der Waals surface area (Å²) in [7, 11) is 3.37. The number of amides is 1. The molecule has 0 aliphatic rings. The second-order valence-corrected chi connectivity index (χ2v) is 4.52. The van der Waals surface area contributed by atoms with E-state index in [4.69, 9.17) is 15.2 Å². The average Bonchev–Trinajstić information content (AvgIpc) is 2.38. The Hall–Kier alpha value is -1.75. The van der Waals surface area contributed by atoms with Crippen molar-refractivity contribution in [1.82, 2.24) is 4.90 Å². The van der Waals surface area contributed by atoms with E-state index >= 15 is 0 Å². The monoisotopic (exact) mass is 266 g/mol. The van der Waals surface area contributed by atoms with Gasteiger partial charge in [-0.15, -0.1) is 0 Å². The minimum absolute atomic E-state index is 0.0355. The van der Waals surface area contributed by atoms with E-state index in [1.54, 1.807) is 19.1 Å². The highest BCUT2D eigenvalue weighted by Gasteiger charge is 2.10. The van der Waals surface area contributed by atoms with Crippen LogP contribution in [0, 0.1) is 0 Å². The molecule has 1 unspecified atom stereocenters. The highest BCUT2D eigenvalue weighted by atomic mass is 16.5. The molecule has 106 valence electrons. The quantitative estimate of drug-likeness (QED) is 0.807. The molecule has 1 rings (SSSR count). The molecule has 1 amide bonds. The van der Waals surface area contributed by atoms with Gasteiger partial charge in [0.05, 0.1) is 13.7 Å². The lowest BCUT2D eigenvalue weighted by Gasteiger charge is -2.18. The summed E-state index contributed by atoms with van der Waals surface area (Å²) in [4.78, 5) is 13.3. The lowest BCUT2D eigenvalue weighted by atomic mass is 10.2. The molecule has 0 spiro atoms. The van der Waals surface area contributed by atoms with Crippen LogP contribution in [-0.2, 0) is 4.79 Å². The molecule has 2 N–H and O–H groups in total. The first-order valence-electron chi connectivity index (χ1n) is 6.29. The zero-order valence-corrected chi connectivity index (χ0v) is 11.8. The summed E-state index contributed by atoms with van der Waals surface area (Å²) >= 11 is 0. The standard InChI is InChI=1S/C14H22N2O3/c1-11(15)10-14(17)16(2)8-9-19-13-6-4-12(18-3)5-7-13/h4-7,11H,8-10,15H2,1-3H3. The van der Waals surface area contributed by atoms with Crippen LogP contribution in [0.2, 0.25) is 0 Å². The molecule has 0 fully saturated rings. The summed E-state index contributed by atoms with van der Waals surface area (Å²) in [5.74, 6) is 1.58. The maximum atomic E-state index is 11.7. The molecule has 1 atom stereocenters. The van der Waals surface area contributed by atoms with Gasteiger partial charge in [0.1, 0.15) is 18.1 Å². The Labute approximate surface area is 114 Å². The predicted molar refractivity (Wildman–Crippen MR) is 74.4 cm³/mol. The van der Waals surface area contributed by atoms with Gasteiger partial charge in [0.2, 0.25) is 5.91 Å². The van der Waals surface area contributed by atoms with Gasteiger partial charge < -0.3 is 20.1 Å². The van der Waals surface area contributed by atoms with Crippen molar-refractivity contribution in [3.63, 3.8) is 0 Å². The van der Waals surface area contributed by atoms with Gasteiger partial charge in [-0.05, 0) is 31.2 Å². The molecular weight excluding hydrogens is 244 g/mol. The Morgan fingerprint density at radius 1 is 1.32 bits per heavy atom. The Balaban J connectivity index is 2.30. The second kappa shape index (κ2) is 7.63. The van der Waals surface area contributed by atoms with Gasteiger partial charge in [-0.3, -0.25) is 4.79 Å². The maximum Gasteiger partial charge on any atom is 0.223 e. The first-order chi connectivity index (χ1) is 9.02. The van der Waals surface area contributed by atoms with Gasteiger partial charge in [-0.25, -0.2) is 0 Å². The smallest absolute Gasteiger partial charge is 0.223 e. The maximum absolute atomic E-state index is 11.7. The number of ether oxygens (including phenoxy) is 2. The van der Waals surface area contributed by atoms with Gasteiger partial charge in [0, 0.05) is 19.5 Å². The number of hydrogen-bond donors (Lipinski definition) is 1. The first kappa shape index (κ1) is 15.3. The van der Waals surface area contributed by atoms with Crippen molar-refractivity contribution in [2.75, 3.05) is 27.3 Å². The Morgan fingerprint density at radius 2 is 1.89 bits per heavy atom. The van der Waals surface area contributed by atoms with Crippen LogP contribution in [0.5, 0.6) is 11.5 Å². The van der Waals surface area contributed by atoms with Crippen LogP contribution in [0.1, 0.15) is 13.3 Å². The SMILES string of the molecule is COc1ccc(OCCN(C)C(=O)CC(C)N)cc1. The zero-order chi connectivity index (χ0) is 14.3. The number of nitrogens with two attached hydrogens (primary N) is 1. The highest BCUT2D eigenvalue weighted by Crippen LogP contribution is 2.16. The van der Waals surface area contributed by atoms with Crippen LogP contribution >= 0.6 is 0 Å². The minimum Gasteiger partial charge on any atom is -0.497 e. The molecule has 0 saturated heterocycles. The van der Waals surface area contributed by atoms with E-state index in [0.717, 1.165) is 11.5 Å². The normalized spacial score (nSPS) is 11.8. The van der Waals surface area contributed by atoms with Gasteiger partial charge in [0.25, 0.3) is 0 Å². The van der Waals surface area contributed by atoms with E-state index in [0.29, 0.717) is 19.6 Å². The molecule has 5 nitrogen and oxygen atoms in total. The number of rotatable bonds is 7. The van der Waals surface area contributed by atoms with E-state index in [1.165, 1.54) is 0 Å². The molecule has 0 saturated carbocycles. The third-order valence-corrected chi connectivity index (χ3v) is 2.68. The van der Waals surface area contributed by atoms with Crippen LogP contribution in [0.15, 0.2) is 24.3 Å². The van der Waals surface area contributed by atoms with E-state index in [2.05, 4.69) is 0 Å². The number of benzene rings is 1. The zero-order valence-electron chi connectivity index (χ0n) is 11.8. The topological polar surface area (TPSA) is 64.8 Å². The number of hydrogen-bond acceptors (Lipinski definition) is 4. The summed E-state index contributed by atoms with van der Waals surface area (Å²) < 4.78 is 10.6. The molecule has 0 aliphatic carbocycles. The van der Waals surface area contributed by atoms with Crippen LogP contribution in [0.25, 0.3) is 0 Å². The highest BCUT2D eigenvalue weighted by molar-refractivity contribution is 5.76. The number of methoxy groups -OCH3 is 1. The fourth-order valence-electron chi connectivity index (χ4n) is 1.53. The van der Waals surface area contributed by atoms with Crippen molar-refractivity contribution in [3.8, 4) is 11.5 Å². The average molecular weight is 266 g/mol. The van der Waals surface area contributed by atoms with Crippen LogP contribution in [0.4, 0.5) is 0 Å². The van der Waals surface area contributed by atoms with Crippen molar-refractivity contribution >= 4 is 5.91 Å². The predicted octanol–water partition coefficient (Wildman–Crippen LogP) is 1.27. The second-order valence-electron chi connectivity index (χ2n) is 4.52. The molecule has 0 aliphatic heterocycles. The number of nitrogens with zero attached hydrogens (tertiary/aromatic N) is 1. The lowest BCUT2D eigenvalue weighted by Crippen LogP contribution is -2.34. The van der Waals surface area contributed by atoms with Gasteiger partial charge in [0.15, 0.2) is 0 Å². The minimum atomic E-state index is -0.113. The molecule has 1 aromatic carbocycles. The number of likely N-dealkylation sites (N-methyl/N-ethyl adjacent to an activating group) is 1. The van der Waals surface area contributed by atoms with Crippen LogP contribution in [0.3, 0.4) is 0 Å². The van der Waals surface area contributed by atoms with E-state index in [1.807, 2.05) is 31.2 Å². The van der Waals surface area contributed by atoms with E-state index < -0.39 is 0 Å². The summed E-state index contributed by atoms with van der Waals surface area (Å²) in [6.07, 6.45) is 0.360. The fourth-order valence-corrected chi connectivity index (χ4v) is 1.53. The van der Waals surface area contributed by atoms with Crippen LogP contribution < -0.4 is 15.2 Å². The lowest BCUT2D eigenvalue weighted by molar-refractivity contribution is -0.130. The van der Waals surface area contributed by atoms with Crippen molar-refractivity contribution in [2.24, 2.45) is 5.73 Å². The molecule has 5 heteroatoms. The molecule has 1 aromatic rings. The van der Waals surface area contributed by atoms with E-state index in [9.17, 15) is 4.79 Å². The summed E-state index contributed by atoms with van der Waals surface area (Å²) in [6.45, 7) is 2.81. The molecule has 0 aromatic heterocycles. The van der Waals surface area contributed by atoms with Crippen molar-refractivity contribution in [3.05, 3.63) is 24.3 Å². The largest absolute Gasteiger partial charge is 0.497 e. The van der Waals surface area contributed by atoms with Crippen molar-refractivity contribution < 1.29 is 14.3 Å². The van der Waals surface area contributed by atoms with Gasteiger partial charge in [-0.1, -0.05) is 0 Å². The summed E-state index contributed by atoms with van der Waals surface area (Å²) in [5, 5.41) is 0. The Morgan fingerprint density at radius 3 is 2.42 bits per heavy atom. The Bertz CT molecular complexity index is 390. The molecule has 0 bridgehead atoms. The summed E-state index contributed by atoms with van der Waals surface area (Å²) in [6, 6.07) is 7.23. The number of carbonyl (C=O) groups excluding carboxylic acids is 1. The molecule has 0 radical (unpaired) electrons. The van der Waals surface area contributed by atoms with Gasteiger partial charge in [-0.2, -0.15) is 0 Å². The third-order valence-electron chi connectivity index (χ3n) is 2.68. The molecular formula is C14H22N2O3.